The summed E-state index contributed by atoms with van der Waals surface area (Å²) in [5.74, 6) is 0.843. The van der Waals surface area contributed by atoms with E-state index in [9.17, 15) is 9.59 Å². The highest BCUT2D eigenvalue weighted by molar-refractivity contribution is 5.93. The molecule has 146 valence electrons. The van der Waals surface area contributed by atoms with E-state index < -0.39 is 5.97 Å². The number of nitrogens with one attached hydrogen (secondary N) is 1. The van der Waals surface area contributed by atoms with E-state index in [-0.39, 0.29) is 24.3 Å². The van der Waals surface area contributed by atoms with Crippen LogP contribution in [0.5, 0.6) is 0 Å². The average molecular weight is 374 g/mol. The number of hydrogen-bond acceptors (Lipinski definition) is 6. The summed E-state index contributed by atoms with van der Waals surface area (Å²) in [4.78, 5) is 30.5. The van der Waals surface area contributed by atoms with E-state index in [1.54, 1.807) is 13.1 Å². The van der Waals surface area contributed by atoms with Crippen molar-refractivity contribution in [3.8, 4) is 0 Å². The number of nitrogens with zero attached hydrogens (tertiary/aromatic N) is 5. The predicted octanol–water partition coefficient (Wildman–Crippen LogP) is 1.85. The fourth-order valence-electron chi connectivity index (χ4n) is 3.23. The summed E-state index contributed by atoms with van der Waals surface area (Å²) in [6.07, 6.45) is 4.99. The molecule has 2 aromatic heterocycles. The quantitative estimate of drug-likeness (QED) is 0.774. The molecule has 1 fully saturated rings. The van der Waals surface area contributed by atoms with E-state index in [0.717, 1.165) is 19.4 Å². The molecule has 0 atom stereocenters. The van der Waals surface area contributed by atoms with Crippen molar-refractivity contribution in [2.24, 2.45) is 5.92 Å². The topological polar surface area (TPSA) is 106 Å². The number of carbonyl (C=O) groups is 2. The van der Waals surface area contributed by atoms with Gasteiger partial charge in [0.15, 0.2) is 0 Å². The summed E-state index contributed by atoms with van der Waals surface area (Å²) < 4.78 is 6.72. The highest BCUT2D eigenvalue weighted by Crippen LogP contribution is 2.26. The lowest BCUT2D eigenvalue weighted by Crippen LogP contribution is -2.38. The normalized spacial score (nSPS) is 15.3. The third-order valence-corrected chi connectivity index (χ3v) is 4.56. The fourth-order valence-corrected chi connectivity index (χ4v) is 3.23. The van der Waals surface area contributed by atoms with Crippen molar-refractivity contribution >= 4 is 11.9 Å². The third-order valence-electron chi connectivity index (χ3n) is 4.56. The number of H-pyrrole nitrogens is 1. The molecule has 3 heterocycles. The fraction of sp³-hybridized carbons (Fsp3) is 0.611. The Morgan fingerprint density at radius 1 is 1.33 bits per heavy atom. The number of aromatic amines is 1. The first-order valence-corrected chi connectivity index (χ1v) is 9.39. The lowest BCUT2D eigenvalue weighted by Gasteiger charge is -2.30. The van der Waals surface area contributed by atoms with Crippen LogP contribution in [0, 0.1) is 5.92 Å². The molecule has 1 amide bonds. The molecule has 0 aliphatic carbocycles. The van der Waals surface area contributed by atoms with Crippen LogP contribution >= 0.6 is 0 Å². The SMILES string of the molecule is CCOC(=O)c1n[nH]c(C2CCN(C(=O)c3cnn(CC(C)C)c3)CC2)n1. The van der Waals surface area contributed by atoms with Gasteiger partial charge in [-0.2, -0.15) is 5.10 Å². The molecule has 0 saturated carbocycles. The summed E-state index contributed by atoms with van der Waals surface area (Å²) in [6.45, 7) is 8.32. The first-order valence-electron chi connectivity index (χ1n) is 9.39. The van der Waals surface area contributed by atoms with Gasteiger partial charge in [0.2, 0.25) is 0 Å². The van der Waals surface area contributed by atoms with E-state index >= 15 is 0 Å². The number of aromatic nitrogens is 5. The van der Waals surface area contributed by atoms with Gasteiger partial charge in [0.1, 0.15) is 5.82 Å². The number of hydrogen-bond donors (Lipinski definition) is 1. The Bertz CT molecular complexity index is 789. The second-order valence-corrected chi connectivity index (χ2v) is 7.18. The van der Waals surface area contributed by atoms with Crippen LogP contribution in [0.2, 0.25) is 0 Å². The number of amides is 1. The van der Waals surface area contributed by atoms with E-state index in [4.69, 9.17) is 4.74 Å². The molecule has 3 rings (SSSR count). The van der Waals surface area contributed by atoms with E-state index in [1.165, 1.54) is 0 Å². The van der Waals surface area contributed by atoms with Crippen LogP contribution in [0.1, 0.15) is 66.3 Å². The highest BCUT2D eigenvalue weighted by Gasteiger charge is 2.28. The van der Waals surface area contributed by atoms with Crippen LogP contribution in [0.25, 0.3) is 0 Å². The summed E-state index contributed by atoms with van der Waals surface area (Å²) in [5, 5.41) is 11.0. The molecule has 1 aliphatic heterocycles. The van der Waals surface area contributed by atoms with Crippen LogP contribution in [-0.4, -0.2) is 61.4 Å². The standard InChI is InChI=1S/C18H26N6O3/c1-4-27-18(26)16-20-15(21-22-16)13-5-7-23(8-6-13)17(25)14-9-19-24(11-14)10-12(2)3/h9,11-13H,4-8,10H2,1-3H3,(H,20,21,22). The summed E-state index contributed by atoms with van der Waals surface area (Å²) in [5.41, 5.74) is 0.623. The molecule has 0 radical (unpaired) electrons. The van der Waals surface area contributed by atoms with Gasteiger partial charge in [-0.1, -0.05) is 13.8 Å². The number of piperidine rings is 1. The Balaban J connectivity index is 1.56. The molecular weight excluding hydrogens is 348 g/mol. The summed E-state index contributed by atoms with van der Waals surface area (Å²) in [7, 11) is 0. The van der Waals surface area contributed by atoms with Gasteiger partial charge in [-0.25, -0.2) is 9.78 Å². The maximum Gasteiger partial charge on any atom is 0.378 e. The predicted molar refractivity (Wildman–Crippen MR) is 97.3 cm³/mol. The van der Waals surface area contributed by atoms with Crippen molar-refractivity contribution in [2.75, 3.05) is 19.7 Å². The summed E-state index contributed by atoms with van der Waals surface area (Å²) >= 11 is 0. The van der Waals surface area contributed by atoms with Crippen LogP contribution in [-0.2, 0) is 11.3 Å². The number of rotatable bonds is 6. The number of esters is 1. The number of ether oxygens (including phenoxy) is 1. The van der Waals surface area contributed by atoms with Crippen molar-refractivity contribution in [2.45, 2.75) is 46.1 Å². The second-order valence-electron chi connectivity index (χ2n) is 7.18. The molecule has 0 aromatic carbocycles. The van der Waals surface area contributed by atoms with E-state index in [1.807, 2.05) is 15.8 Å². The second kappa shape index (κ2) is 8.32. The monoisotopic (exact) mass is 374 g/mol. The zero-order chi connectivity index (χ0) is 19.4. The molecule has 0 unspecified atom stereocenters. The van der Waals surface area contributed by atoms with Gasteiger partial charge in [0.25, 0.3) is 11.7 Å². The van der Waals surface area contributed by atoms with Gasteiger partial charge >= 0.3 is 5.97 Å². The van der Waals surface area contributed by atoms with Crippen LogP contribution in [0.15, 0.2) is 12.4 Å². The Morgan fingerprint density at radius 3 is 2.74 bits per heavy atom. The van der Waals surface area contributed by atoms with E-state index in [0.29, 0.717) is 30.4 Å². The maximum absolute atomic E-state index is 12.7. The molecule has 1 saturated heterocycles. The molecular formula is C18H26N6O3. The zero-order valence-electron chi connectivity index (χ0n) is 16.0. The molecule has 0 bridgehead atoms. The molecule has 1 N–H and O–H groups in total. The van der Waals surface area contributed by atoms with Gasteiger partial charge in [-0.3, -0.25) is 14.6 Å². The first-order chi connectivity index (χ1) is 13.0. The molecule has 1 aliphatic rings. The Kier molecular flexibility index (Phi) is 5.88. The maximum atomic E-state index is 12.7. The van der Waals surface area contributed by atoms with Gasteiger partial charge in [0.05, 0.1) is 18.4 Å². The Hall–Kier alpha value is -2.71. The van der Waals surface area contributed by atoms with Crippen LogP contribution in [0.4, 0.5) is 0 Å². The number of likely N-dealkylation sites (tertiary alicyclic amines) is 1. The van der Waals surface area contributed by atoms with Gasteiger partial charge in [-0.15, -0.1) is 5.10 Å². The molecule has 9 heteroatoms. The average Bonchev–Trinajstić information content (AvgIpc) is 3.31. The van der Waals surface area contributed by atoms with Gasteiger partial charge in [0, 0.05) is 31.7 Å². The minimum Gasteiger partial charge on any atom is -0.460 e. The Labute approximate surface area is 158 Å². The van der Waals surface area contributed by atoms with Crippen molar-refractivity contribution in [3.63, 3.8) is 0 Å². The Morgan fingerprint density at radius 2 is 2.07 bits per heavy atom. The van der Waals surface area contributed by atoms with Crippen molar-refractivity contribution in [1.29, 1.82) is 0 Å². The lowest BCUT2D eigenvalue weighted by molar-refractivity contribution is 0.0512. The zero-order valence-corrected chi connectivity index (χ0v) is 16.0. The smallest absolute Gasteiger partial charge is 0.378 e. The number of carbonyl (C=O) groups excluding carboxylic acids is 2. The van der Waals surface area contributed by atoms with Crippen molar-refractivity contribution in [3.05, 3.63) is 29.6 Å². The van der Waals surface area contributed by atoms with Crippen LogP contribution < -0.4 is 0 Å². The van der Waals surface area contributed by atoms with E-state index in [2.05, 4.69) is 34.1 Å². The minimum absolute atomic E-state index is 0.00763. The largest absolute Gasteiger partial charge is 0.460 e. The molecule has 27 heavy (non-hydrogen) atoms. The van der Waals surface area contributed by atoms with Gasteiger partial charge < -0.3 is 9.64 Å². The lowest BCUT2D eigenvalue weighted by atomic mass is 9.96. The first kappa shape index (κ1) is 19.1. The van der Waals surface area contributed by atoms with Gasteiger partial charge in [-0.05, 0) is 25.7 Å². The molecule has 9 nitrogen and oxygen atoms in total. The van der Waals surface area contributed by atoms with Crippen LogP contribution in [0.3, 0.4) is 0 Å². The van der Waals surface area contributed by atoms with Crippen molar-refractivity contribution in [1.82, 2.24) is 29.9 Å². The summed E-state index contributed by atoms with van der Waals surface area (Å²) in [6, 6.07) is 0. The highest BCUT2D eigenvalue weighted by atomic mass is 16.5. The molecule has 2 aromatic rings. The third kappa shape index (κ3) is 4.53. The van der Waals surface area contributed by atoms with Crippen molar-refractivity contribution < 1.29 is 14.3 Å². The molecule has 0 spiro atoms. The minimum atomic E-state index is -0.522.